The molecule has 0 radical (unpaired) electrons. The zero-order chi connectivity index (χ0) is 17.4. The summed E-state index contributed by atoms with van der Waals surface area (Å²) in [5, 5.41) is 5.48. The molecule has 2 N–H and O–H groups in total. The first kappa shape index (κ1) is 19.1. The fraction of sp³-hybridized carbons (Fsp3) is 0.556. The van der Waals surface area contributed by atoms with Gasteiger partial charge < -0.3 is 10.6 Å². The fourth-order valence-electron chi connectivity index (χ4n) is 2.23. The van der Waals surface area contributed by atoms with Gasteiger partial charge >= 0.3 is 0 Å². The van der Waals surface area contributed by atoms with Crippen molar-refractivity contribution in [3.05, 3.63) is 35.6 Å². The van der Waals surface area contributed by atoms with Crippen LogP contribution in [0.5, 0.6) is 0 Å². The number of amides is 2. The standard InChI is InChI=1S/C18H27FN2O2/c1-12(2)8-7-11-20-18(23)16(13(3)4)21-17(22)14-9-5-6-10-15(14)19/h5-6,9-10,12-13,16H,7-8,11H2,1-4H3,(H,20,23)(H,21,22). The maximum Gasteiger partial charge on any atom is 0.254 e. The molecule has 2 amide bonds. The molecule has 1 rings (SSSR count). The highest BCUT2D eigenvalue weighted by Crippen LogP contribution is 2.09. The van der Waals surface area contributed by atoms with E-state index in [1.807, 2.05) is 13.8 Å². The van der Waals surface area contributed by atoms with Gasteiger partial charge in [0.05, 0.1) is 5.56 Å². The van der Waals surface area contributed by atoms with Crippen LogP contribution in [0, 0.1) is 17.7 Å². The molecule has 0 aliphatic carbocycles. The smallest absolute Gasteiger partial charge is 0.254 e. The third kappa shape index (κ3) is 6.38. The summed E-state index contributed by atoms with van der Waals surface area (Å²) in [6, 6.07) is 5.07. The molecule has 0 spiro atoms. The van der Waals surface area contributed by atoms with Gasteiger partial charge in [-0.15, -0.1) is 0 Å². The number of hydrogen-bond donors (Lipinski definition) is 2. The average molecular weight is 322 g/mol. The van der Waals surface area contributed by atoms with Gasteiger partial charge in [0.15, 0.2) is 0 Å². The Balaban J connectivity index is 2.62. The van der Waals surface area contributed by atoms with E-state index in [0.29, 0.717) is 12.5 Å². The van der Waals surface area contributed by atoms with E-state index in [2.05, 4.69) is 24.5 Å². The summed E-state index contributed by atoms with van der Waals surface area (Å²) in [6.45, 7) is 8.54. The molecule has 0 fully saturated rings. The van der Waals surface area contributed by atoms with E-state index in [-0.39, 0.29) is 17.4 Å². The maximum atomic E-state index is 13.7. The predicted molar refractivity (Wildman–Crippen MR) is 89.6 cm³/mol. The van der Waals surface area contributed by atoms with Crippen molar-refractivity contribution in [3.63, 3.8) is 0 Å². The molecule has 0 aliphatic rings. The van der Waals surface area contributed by atoms with Gasteiger partial charge in [-0.25, -0.2) is 4.39 Å². The Morgan fingerprint density at radius 3 is 2.35 bits per heavy atom. The summed E-state index contributed by atoms with van der Waals surface area (Å²) in [4.78, 5) is 24.4. The SMILES string of the molecule is CC(C)CCCNC(=O)C(NC(=O)c1ccccc1F)C(C)C. The van der Waals surface area contributed by atoms with Gasteiger partial charge in [-0.1, -0.05) is 39.8 Å². The lowest BCUT2D eigenvalue weighted by Crippen LogP contribution is -2.50. The first-order valence-corrected chi connectivity index (χ1v) is 8.16. The van der Waals surface area contributed by atoms with E-state index < -0.39 is 17.8 Å². The molecular weight excluding hydrogens is 295 g/mol. The zero-order valence-electron chi connectivity index (χ0n) is 14.4. The fourth-order valence-corrected chi connectivity index (χ4v) is 2.23. The second-order valence-corrected chi connectivity index (χ2v) is 6.50. The quantitative estimate of drug-likeness (QED) is 0.722. The van der Waals surface area contributed by atoms with Crippen molar-refractivity contribution in [2.45, 2.75) is 46.6 Å². The molecule has 0 aromatic heterocycles. The molecule has 0 heterocycles. The molecule has 1 aromatic carbocycles. The first-order chi connectivity index (χ1) is 10.8. The van der Waals surface area contributed by atoms with Crippen molar-refractivity contribution < 1.29 is 14.0 Å². The highest BCUT2D eigenvalue weighted by atomic mass is 19.1. The van der Waals surface area contributed by atoms with Crippen LogP contribution in [-0.4, -0.2) is 24.4 Å². The van der Waals surface area contributed by atoms with Crippen LogP contribution in [-0.2, 0) is 4.79 Å². The van der Waals surface area contributed by atoms with E-state index in [0.717, 1.165) is 12.8 Å². The minimum absolute atomic E-state index is 0.0502. The van der Waals surface area contributed by atoms with Gasteiger partial charge in [0.1, 0.15) is 11.9 Å². The maximum absolute atomic E-state index is 13.7. The highest BCUT2D eigenvalue weighted by molar-refractivity contribution is 5.97. The third-order valence-corrected chi connectivity index (χ3v) is 3.61. The lowest BCUT2D eigenvalue weighted by atomic mass is 10.0. The summed E-state index contributed by atoms with van der Waals surface area (Å²) < 4.78 is 13.7. The number of carbonyl (C=O) groups excluding carboxylic acids is 2. The van der Waals surface area contributed by atoms with Crippen molar-refractivity contribution in [3.8, 4) is 0 Å². The van der Waals surface area contributed by atoms with E-state index in [1.165, 1.54) is 18.2 Å². The van der Waals surface area contributed by atoms with Crippen molar-refractivity contribution >= 4 is 11.8 Å². The van der Waals surface area contributed by atoms with Gasteiger partial charge in [0, 0.05) is 6.54 Å². The summed E-state index contributed by atoms with van der Waals surface area (Å²) >= 11 is 0. The molecule has 4 nitrogen and oxygen atoms in total. The Hall–Kier alpha value is -1.91. The van der Waals surface area contributed by atoms with E-state index in [9.17, 15) is 14.0 Å². The molecular formula is C18H27FN2O2. The van der Waals surface area contributed by atoms with Crippen LogP contribution in [0.25, 0.3) is 0 Å². The van der Waals surface area contributed by atoms with Crippen LogP contribution in [0.1, 0.15) is 50.9 Å². The molecule has 1 unspecified atom stereocenters. The van der Waals surface area contributed by atoms with Crippen molar-refractivity contribution in [2.75, 3.05) is 6.54 Å². The van der Waals surface area contributed by atoms with E-state index >= 15 is 0 Å². The Kier molecular flexibility index (Phi) is 7.72. The van der Waals surface area contributed by atoms with Crippen LogP contribution < -0.4 is 10.6 Å². The third-order valence-electron chi connectivity index (χ3n) is 3.61. The number of nitrogens with one attached hydrogen (secondary N) is 2. The Labute approximate surface area is 137 Å². The van der Waals surface area contributed by atoms with Crippen LogP contribution in [0.4, 0.5) is 4.39 Å². The Morgan fingerprint density at radius 1 is 1.13 bits per heavy atom. The Morgan fingerprint density at radius 2 is 1.78 bits per heavy atom. The lowest BCUT2D eigenvalue weighted by Gasteiger charge is -2.22. The number of rotatable bonds is 8. The predicted octanol–water partition coefficient (Wildman–Crippen LogP) is 3.13. The second kappa shape index (κ2) is 9.28. The van der Waals surface area contributed by atoms with Crippen molar-refractivity contribution in [1.29, 1.82) is 0 Å². The van der Waals surface area contributed by atoms with Crippen LogP contribution in [0.2, 0.25) is 0 Å². The average Bonchev–Trinajstić information content (AvgIpc) is 2.48. The molecule has 0 bridgehead atoms. The van der Waals surface area contributed by atoms with Gasteiger partial charge in [0.2, 0.25) is 5.91 Å². The Bertz CT molecular complexity index is 530. The number of carbonyl (C=O) groups is 2. The van der Waals surface area contributed by atoms with Gasteiger partial charge in [0.25, 0.3) is 5.91 Å². The molecule has 5 heteroatoms. The van der Waals surface area contributed by atoms with Crippen LogP contribution >= 0.6 is 0 Å². The molecule has 1 aromatic rings. The van der Waals surface area contributed by atoms with Crippen molar-refractivity contribution in [1.82, 2.24) is 10.6 Å². The van der Waals surface area contributed by atoms with Crippen molar-refractivity contribution in [2.24, 2.45) is 11.8 Å². The van der Waals surface area contributed by atoms with Crippen LogP contribution in [0.3, 0.4) is 0 Å². The van der Waals surface area contributed by atoms with E-state index in [1.54, 1.807) is 6.07 Å². The molecule has 0 saturated heterocycles. The second-order valence-electron chi connectivity index (χ2n) is 6.50. The first-order valence-electron chi connectivity index (χ1n) is 8.16. The number of hydrogen-bond acceptors (Lipinski definition) is 2. The number of benzene rings is 1. The summed E-state index contributed by atoms with van der Waals surface area (Å²) in [5.74, 6) is -0.887. The summed E-state index contributed by atoms with van der Waals surface area (Å²) in [5.41, 5.74) is -0.0502. The van der Waals surface area contributed by atoms with Gasteiger partial charge in [-0.2, -0.15) is 0 Å². The molecule has 128 valence electrons. The summed E-state index contributed by atoms with van der Waals surface area (Å²) in [6.07, 6.45) is 1.93. The molecule has 23 heavy (non-hydrogen) atoms. The van der Waals surface area contributed by atoms with Gasteiger partial charge in [-0.05, 0) is 36.8 Å². The molecule has 0 saturated carbocycles. The minimum atomic E-state index is -0.679. The van der Waals surface area contributed by atoms with Crippen LogP contribution in [0.15, 0.2) is 24.3 Å². The molecule has 0 aliphatic heterocycles. The minimum Gasteiger partial charge on any atom is -0.354 e. The molecule has 1 atom stereocenters. The number of halogens is 1. The summed E-state index contributed by atoms with van der Waals surface area (Å²) in [7, 11) is 0. The van der Waals surface area contributed by atoms with E-state index in [4.69, 9.17) is 0 Å². The largest absolute Gasteiger partial charge is 0.354 e. The zero-order valence-corrected chi connectivity index (χ0v) is 14.4. The highest BCUT2D eigenvalue weighted by Gasteiger charge is 2.25. The lowest BCUT2D eigenvalue weighted by molar-refractivity contribution is -0.123. The normalized spacial score (nSPS) is 12.3. The monoisotopic (exact) mass is 322 g/mol. The van der Waals surface area contributed by atoms with Gasteiger partial charge in [-0.3, -0.25) is 9.59 Å². The topological polar surface area (TPSA) is 58.2 Å².